The second kappa shape index (κ2) is 8.93. The van der Waals surface area contributed by atoms with Crippen LogP contribution in [0.5, 0.6) is 0 Å². The standard InChI is InChI=1S/C17H28N2O3/c1-14(20)19(11-9-15-6-3-2-4-7-15)12-10-18-17(21)16-8-5-13-22-16/h6,16H,2-5,7-13H2,1H3,(H,18,21). The second-order valence-corrected chi connectivity index (χ2v) is 6.16. The van der Waals surface area contributed by atoms with Gasteiger partial charge in [-0.2, -0.15) is 0 Å². The Balaban J connectivity index is 1.68. The van der Waals surface area contributed by atoms with E-state index in [1.807, 2.05) is 4.90 Å². The summed E-state index contributed by atoms with van der Waals surface area (Å²) in [6, 6.07) is 0. The van der Waals surface area contributed by atoms with Crippen LogP contribution >= 0.6 is 0 Å². The highest BCUT2D eigenvalue weighted by Crippen LogP contribution is 2.20. The fourth-order valence-corrected chi connectivity index (χ4v) is 3.05. The maximum atomic E-state index is 11.9. The molecule has 0 aromatic heterocycles. The van der Waals surface area contributed by atoms with Crippen LogP contribution in [-0.2, 0) is 14.3 Å². The van der Waals surface area contributed by atoms with E-state index in [2.05, 4.69) is 11.4 Å². The topological polar surface area (TPSA) is 58.6 Å². The number of allylic oxidation sites excluding steroid dienone is 1. The van der Waals surface area contributed by atoms with Gasteiger partial charge < -0.3 is 15.0 Å². The maximum Gasteiger partial charge on any atom is 0.249 e. The lowest BCUT2D eigenvalue weighted by atomic mass is 9.97. The summed E-state index contributed by atoms with van der Waals surface area (Å²) in [5, 5.41) is 2.88. The molecule has 0 aromatic carbocycles. The van der Waals surface area contributed by atoms with Gasteiger partial charge in [0.05, 0.1) is 0 Å². The van der Waals surface area contributed by atoms with Crippen molar-refractivity contribution in [3.8, 4) is 0 Å². The fourth-order valence-electron chi connectivity index (χ4n) is 3.05. The Morgan fingerprint density at radius 1 is 1.32 bits per heavy atom. The first-order valence-corrected chi connectivity index (χ1v) is 8.49. The Morgan fingerprint density at radius 3 is 2.82 bits per heavy atom. The predicted octanol–water partition coefficient (Wildman–Crippen LogP) is 2.02. The molecule has 1 N–H and O–H groups in total. The molecule has 0 saturated carbocycles. The molecular weight excluding hydrogens is 280 g/mol. The molecule has 1 unspecified atom stereocenters. The highest BCUT2D eigenvalue weighted by Gasteiger charge is 2.23. The van der Waals surface area contributed by atoms with Gasteiger partial charge in [-0.05, 0) is 44.9 Å². The summed E-state index contributed by atoms with van der Waals surface area (Å²) in [6.45, 7) is 4.08. The number of nitrogens with one attached hydrogen (secondary N) is 1. The predicted molar refractivity (Wildman–Crippen MR) is 85.4 cm³/mol. The van der Waals surface area contributed by atoms with Crippen LogP contribution < -0.4 is 5.32 Å². The summed E-state index contributed by atoms with van der Waals surface area (Å²) in [5.74, 6) is 0.0266. The smallest absolute Gasteiger partial charge is 0.249 e. The van der Waals surface area contributed by atoms with Crippen molar-refractivity contribution in [3.05, 3.63) is 11.6 Å². The number of carbonyl (C=O) groups is 2. The molecule has 5 heteroatoms. The SMILES string of the molecule is CC(=O)N(CCNC(=O)C1CCCO1)CCC1=CCCCC1. The summed E-state index contributed by atoms with van der Waals surface area (Å²) < 4.78 is 5.35. The maximum absolute atomic E-state index is 11.9. The molecule has 2 rings (SSSR count). The van der Waals surface area contributed by atoms with Crippen molar-refractivity contribution in [2.24, 2.45) is 0 Å². The summed E-state index contributed by atoms with van der Waals surface area (Å²) in [5.41, 5.74) is 1.47. The Kier molecular flexibility index (Phi) is 6.90. The van der Waals surface area contributed by atoms with Gasteiger partial charge in [-0.1, -0.05) is 11.6 Å². The number of amides is 2. The molecule has 22 heavy (non-hydrogen) atoms. The van der Waals surface area contributed by atoms with Crippen molar-refractivity contribution in [2.45, 2.75) is 58.0 Å². The van der Waals surface area contributed by atoms with Crippen LogP contribution in [0.2, 0.25) is 0 Å². The molecule has 0 bridgehead atoms. The Morgan fingerprint density at radius 2 is 2.18 bits per heavy atom. The molecule has 1 aliphatic carbocycles. The first-order chi connectivity index (χ1) is 10.7. The van der Waals surface area contributed by atoms with E-state index in [0.29, 0.717) is 19.7 Å². The van der Waals surface area contributed by atoms with E-state index in [0.717, 1.165) is 25.8 Å². The molecule has 2 amide bonds. The van der Waals surface area contributed by atoms with Gasteiger partial charge in [0.25, 0.3) is 0 Å². The van der Waals surface area contributed by atoms with Crippen LogP contribution in [0.25, 0.3) is 0 Å². The fraction of sp³-hybridized carbons (Fsp3) is 0.765. The van der Waals surface area contributed by atoms with Crippen LogP contribution in [0.15, 0.2) is 11.6 Å². The molecule has 0 aromatic rings. The summed E-state index contributed by atoms with van der Waals surface area (Å²) >= 11 is 0. The van der Waals surface area contributed by atoms with Crippen molar-refractivity contribution in [1.29, 1.82) is 0 Å². The highest BCUT2D eigenvalue weighted by molar-refractivity contribution is 5.81. The summed E-state index contributed by atoms with van der Waals surface area (Å²) in [7, 11) is 0. The highest BCUT2D eigenvalue weighted by atomic mass is 16.5. The second-order valence-electron chi connectivity index (χ2n) is 6.16. The number of hydrogen-bond acceptors (Lipinski definition) is 3. The van der Waals surface area contributed by atoms with Crippen LogP contribution in [0, 0.1) is 0 Å². The molecule has 0 spiro atoms. The van der Waals surface area contributed by atoms with Crippen LogP contribution in [-0.4, -0.2) is 49.1 Å². The number of nitrogens with zero attached hydrogens (tertiary/aromatic N) is 1. The van der Waals surface area contributed by atoms with Crippen molar-refractivity contribution >= 4 is 11.8 Å². The molecule has 1 atom stereocenters. The Hall–Kier alpha value is -1.36. The van der Waals surface area contributed by atoms with E-state index in [-0.39, 0.29) is 17.9 Å². The Bertz CT molecular complexity index is 414. The zero-order valence-electron chi connectivity index (χ0n) is 13.6. The van der Waals surface area contributed by atoms with Gasteiger partial charge in [0.1, 0.15) is 6.10 Å². The molecular formula is C17H28N2O3. The monoisotopic (exact) mass is 308 g/mol. The molecule has 0 radical (unpaired) electrons. The van der Waals surface area contributed by atoms with Gasteiger partial charge in [-0.3, -0.25) is 9.59 Å². The third kappa shape index (κ3) is 5.44. The van der Waals surface area contributed by atoms with E-state index in [1.165, 1.54) is 31.3 Å². The van der Waals surface area contributed by atoms with E-state index in [1.54, 1.807) is 6.92 Å². The lowest BCUT2D eigenvalue weighted by Gasteiger charge is -2.23. The van der Waals surface area contributed by atoms with E-state index in [4.69, 9.17) is 4.74 Å². The normalized spacial score (nSPS) is 21.3. The summed E-state index contributed by atoms with van der Waals surface area (Å²) in [4.78, 5) is 25.4. The van der Waals surface area contributed by atoms with E-state index < -0.39 is 0 Å². The van der Waals surface area contributed by atoms with Gasteiger partial charge in [0, 0.05) is 33.2 Å². The van der Waals surface area contributed by atoms with Gasteiger partial charge in [0.15, 0.2) is 0 Å². The van der Waals surface area contributed by atoms with Crippen LogP contribution in [0.4, 0.5) is 0 Å². The quantitative estimate of drug-likeness (QED) is 0.732. The molecule has 2 aliphatic rings. The average Bonchev–Trinajstić information content (AvgIpc) is 3.05. The van der Waals surface area contributed by atoms with E-state index in [9.17, 15) is 9.59 Å². The zero-order valence-corrected chi connectivity index (χ0v) is 13.6. The third-order valence-corrected chi connectivity index (χ3v) is 4.44. The average molecular weight is 308 g/mol. The number of hydrogen-bond donors (Lipinski definition) is 1. The minimum Gasteiger partial charge on any atom is -0.368 e. The molecule has 5 nitrogen and oxygen atoms in total. The van der Waals surface area contributed by atoms with Gasteiger partial charge in [0.2, 0.25) is 11.8 Å². The van der Waals surface area contributed by atoms with Crippen LogP contribution in [0.3, 0.4) is 0 Å². The zero-order chi connectivity index (χ0) is 15.8. The number of ether oxygens (including phenoxy) is 1. The largest absolute Gasteiger partial charge is 0.368 e. The molecule has 1 heterocycles. The molecule has 124 valence electrons. The van der Waals surface area contributed by atoms with Gasteiger partial charge in [-0.15, -0.1) is 0 Å². The molecule has 1 aliphatic heterocycles. The van der Waals surface area contributed by atoms with Crippen molar-refractivity contribution < 1.29 is 14.3 Å². The van der Waals surface area contributed by atoms with Crippen LogP contribution in [0.1, 0.15) is 51.9 Å². The molecule has 1 saturated heterocycles. The van der Waals surface area contributed by atoms with Crippen molar-refractivity contribution in [2.75, 3.05) is 26.2 Å². The first-order valence-electron chi connectivity index (χ1n) is 8.49. The van der Waals surface area contributed by atoms with Gasteiger partial charge in [-0.25, -0.2) is 0 Å². The van der Waals surface area contributed by atoms with E-state index >= 15 is 0 Å². The first kappa shape index (κ1) is 17.0. The number of rotatable bonds is 7. The Labute approximate surface area is 133 Å². The minimum absolute atomic E-state index is 0.0454. The third-order valence-electron chi connectivity index (χ3n) is 4.44. The summed E-state index contributed by atoms with van der Waals surface area (Å²) in [6.07, 6.45) is 9.63. The van der Waals surface area contributed by atoms with Crippen molar-refractivity contribution in [3.63, 3.8) is 0 Å². The minimum atomic E-state index is -0.293. The lowest BCUT2D eigenvalue weighted by Crippen LogP contribution is -2.41. The number of carbonyl (C=O) groups excluding carboxylic acids is 2. The lowest BCUT2D eigenvalue weighted by molar-refractivity contribution is -0.132. The van der Waals surface area contributed by atoms with Crippen molar-refractivity contribution in [1.82, 2.24) is 10.2 Å². The van der Waals surface area contributed by atoms with Gasteiger partial charge >= 0.3 is 0 Å². The molecule has 1 fully saturated rings.